The van der Waals surface area contributed by atoms with Gasteiger partial charge in [0.05, 0.1) is 12.8 Å². The lowest BCUT2D eigenvalue weighted by molar-refractivity contribution is 0.415. The first-order valence-electron chi connectivity index (χ1n) is 6.76. The van der Waals surface area contributed by atoms with E-state index in [0.29, 0.717) is 22.2 Å². The van der Waals surface area contributed by atoms with E-state index in [1.807, 2.05) is 0 Å². The fourth-order valence-corrected chi connectivity index (χ4v) is 2.36. The van der Waals surface area contributed by atoms with E-state index < -0.39 is 0 Å². The van der Waals surface area contributed by atoms with E-state index in [9.17, 15) is 4.91 Å². The van der Waals surface area contributed by atoms with Gasteiger partial charge in [0.25, 0.3) is 0 Å². The molecule has 0 saturated heterocycles. The van der Waals surface area contributed by atoms with Crippen LogP contribution in [0.5, 0.6) is 5.75 Å². The summed E-state index contributed by atoms with van der Waals surface area (Å²) in [5.41, 5.74) is 7.95. The zero-order chi connectivity index (χ0) is 16.4. The van der Waals surface area contributed by atoms with E-state index >= 15 is 0 Å². The van der Waals surface area contributed by atoms with Crippen LogP contribution in [0, 0.1) is 4.91 Å². The second-order valence-corrected chi connectivity index (χ2v) is 5.23. The van der Waals surface area contributed by atoms with Crippen LogP contribution in [0.4, 0.5) is 11.5 Å². The monoisotopic (exact) mass is 328 g/mol. The van der Waals surface area contributed by atoms with Crippen molar-refractivity contribution < 1.29 is 4.74 Å². The third-order valence-electron chi connectivity index (χ3n) is 3.42. The molecule has 3 rings (SSSR count). The molecule has 3 aromatic rings. The summed E-state index contributed by atoms with van der Waals surface area (Å²) in [6, 6.07) is 14.1. The van der Waals surface area contributed by atoms with Crippen LogP contribution in [-0.2, 0) is 0 Å². The number of nitrogen functional groups attached to an aromatic ring is 1. The van der Waals surface area contributed by atoms with Crippen molar-refractivity contribution in [2.45, 2.75) is 0 Å². The third-order valence-corrected chi connectivity index (χ3v) is 3.67. The number of rotatable bonds is 4. The molecule has 0 atom stereocenters. The Morgan fingerprint density at radius 3 is 2.35 bits per heavy atom. The Bertz CT molecular complexity index is 842. The molecule has 6 nitrogen and oxygen atoms in total. The average molecular weight is 329 g/mol. The number of halogens is 1. The van der Waals surface area contributed by atoms with Gasteiger partial charge in [0.2, 0.25) is 0 Å². The fourth-order valence-electron chi connectivity index (χ4n) is 2.24. The summed E-state index contributed by atoms with van der Waals surface area (Å²) in [5, 5.41) is 8.06. The van der Waals surface area contributed by atoms with E-state index in [1.165, 1.54) is 4.68 Å². The van der Waals surface area contributed by atoms with Gasteiger partial charge in [-0.3, -0.25) is 0 Å². The molecule has 2 aromatic carbocycles. The lowest BCUT2D eigenvalue weighted by Gasteiger charge is -2.03. The summed E-state index contributed by atoms with van der Waals surface area (Å²) in [4.78, 5) is 11.2. The Morgan fingerprint density at radius 2 is 1.78 bits per heavy atom. The number of nitrogens with two attached hydrogens (primary N) is 1. The maximum absolute atomic E-state index is 11.2. The standard InChI is InChI=1S/C16H13ClN4O2/c1-23-13-8-2-10(3-9-13)14-15(20-22)16(18)21(19-14)12-6-4-11(17)5-7-12/h2-9H,18H2,1H3. The molecule has 2 N–H and O–H groups in total. The number of methoxy groups -OCH3 is 1. The maximum atomic E-state index is 11.2. The maximum Gasteiger partial charge on any atom is 0.178 e. The van der Waals surface area contributed by atoms with Crippen molar-refractivity contribution in [3.05, 3.63) is 58.5 Å². The van der Waals surface area contributed by atoms with E-state index in [1.54, 1.807) is 55.6 Å². The number of hydrogen-bond acceptors (Lipinski definition) is 5. The van der Waals surface area contributed by atoms with Crippen LogP contribution in [0.25, 0.3) is 16.9 Å². The van der Waals surface area contributed by atoms with E-state index in [2.05, 4.69) is 10.3 Å². The third kappa shape index (κ3) is 2.76. The van der Waals surface area contributed by atoms with Crippen molar-refractivity contribution in [2.75, 3.05) is 12.8 Å². The van der Waals surface area contributed by atoms with Gasteiger partial charge in [-0.1, -0.05) is 11.6 Å². The van der Waals surface area contributed by atoms with Gasteiger partial charge in [0, 0.05) is 10.6 Å². The summed E-state index contributed by atoms with van der Waals surface area (Å²) in [6.45, 7) is 0. The number of aromatic nitrogens is 2. The molecular formula is C16H13ClN4O2. The molecule has 0 unspecified atom stereocenters. The molecule has 0 aliphatic heterocycles. The number of benzene rings is 2. The van der Waals surface area contributed by atoms with Crippen molar-refractivity contribution in [1.29, 1.82) is 0 Å². The lowest BCUT2D eigenvalue weighted by atomic mass is 10.1. The number of nitroso groups, excluding NO2 is 1. The first kappa shape index (κ1) is 15.1. The zero-order valence-corrected chi connectivity index (χ0v) is 13.0. The molecule has 0 saturated carbocycles. The zero-order valence-electron chi connectivity index (χ0n) is 12.2. The molecule has 0 amide bonds. The van der Waals surface area contributed by atoms with Crippen LogP contribution in [0.1, 0.15) is 0 Å². The molecule has 0 radical (unpaired) electrons. The molecule has 7 heteroatoms. The second-order valence-electron chi connectivity index (χ2n) is 4.79. The van der Waals surface area contributed by atoms with Crippen molar-refractivity contribution in [3.63, 3.8) is 0 Å². The Morgan fingerprint density at radius 1 is 1.13 bits per heavy atom. The van der Waals surface area contributed by atoms with Crippen LogP contribution in [0.3, 0.4) is 0 Å². The summed E-state index contributed by atoms with van der Waals surface area (Å²) < 4.78 is 6.59. The largest absolute Gasteiger partial charge is 0.497 e. The minimum atomic E-state index is 0.102. The van der Waals surface area contributed by atoms with Crippen LogP contribution in [0.2, 0.25) is 5.02 Å². The summed E-state index contributed by atoms with van der Waals surface area (Å²) in [7, 11) is 1.58. The SMILES string of the molecule is COc1ccc(-c2nn(-c3ccc(Cl)cc3)c(N)c2N=O)cc1. The van der Waals surface area contributed by atoms with E-state index in [0.717, 1.165) is 5.56 Å². The molecule has 0 fully saturated rings. The Hall–Kier alpha value is -2.86. The van der Waals surface area contributed by atoms with Crippen LogP contribution in [-0.4, -0.2) is 16.9 Å². The van der Waals surface area contributed by atoms with Crippen LogP contribution >= 0.6 is 11.6 Å². The average Bonchev–Trinajstić information content (AvgIpc) is 2.92. The number of nitrogens with zero attached hydrogens (tertiary/aromatic N) is 3. The lowest BCUT2D eigenvalue weighted by Crippen LogP contribution is -2.01. The van der Waals surface area contributed by atoms with Crippen molar-refractivity contribution in [3.8, 4) is 22.7 Å². The van der Waals surface area contributed by atoms with Crippen LogP contribution in [0.15, 0.2) is 53.7 Å². The Kier molecular flexibility index (Phi) is 3.99. The molecule has 0 bridgehead atoms. The predicted molar refractivity (Wildman–Crippen MR) is 90.4 cm³/mol. The van der Waals surface area contributed by atoms with E-state index in [4.69, 9.17) is 22.1 Å². The van der Waals surface area contributed by atoms with Gasteiger partial charge in [-0.25, -0.2) is 4.68 Å². The molecule has 1 heterocycles. The number of anilines is 1. The number of hydrogen-bond donors (Lipinski definition) is 1. The second kappa shape index (κ2) is 6.10. The van der Waals surface area contributed by atoms with Crippen molar-refractivity contribution >= 4 is 23.1 Å². The minimum absolute atomic E-state index is 0.102. The number of ether oxygens (including phenoxy) is 1. The van der Waals surface area contributed by atoms with Gasteiger partial charge < -0.3 is 10.5 Å². The van der Waals surface area contributed by atoms with Gasteiger partial charge in [-0.2, -0.15) is 5.10 Å². The van der Waals surface area contributed by atoms with Gasteiger partial charge in [0.1, 0.15) is 11.4 Å². The van der Waals surface area contributed by atoms with Gasteiger partial charge in [-0.15, -0.1) is 4.91 Å². The van der Waals surface area contributed by atoms with Gasteiger partial charge in [-0.05, 0) is 53.7 Å². The highest BCUT2D eigenvalue weighted by molar-refractivity contribution is 6.30. The summed E-state index contributed by atoms with van der Waals surface area (Å²) in [5.74, 6) is 0.882. The predicted octanol–water partition coefficient (Wildman–Crippen LogP) is 4.18. The highest BCUT2D eigenvalue weighted by Crippen LogP contribution is 2.36. The summed E-state index contributed by atoms with van der Waals surface area (Å²) >= 11 is 5.89. The van der Waals surface area contributed by atoms with Gasteiger partial charge in [0.15, 0.2) is 11.5 Å². The summed E-state index contributed by atoms with van der Waals surface area (Å²) in [6.07, 6.45) is 0. The van der Waals surface area contributed by atoms with E-state index in [-0.39, 0.29) is 11.5 Å². The molecule has 23 heavy (non-hydrogen) atoms. The van der Waals surface area contributed by atoms with Crippen LogP contribution < -0.4 is 10.5 Å². The molecule has 0 spiro atoms. The van der Waals surface area contributed by atoms with Crippen molar-refractivity contribution in [2.24, 2.45) is 5.18 Å². The minimum Gasteiger partial charge on any atom is -0.497 e. The molecule has 0 aliphatic rings. The van der Waals surface area contributed by atoms with Gasteiger partial charge >= 0.3 is 0 Å². The fraction of sp³-hybridized carbons (Fsp3) is 0.0625. The topological polar surface area (TPSA) is 82.5 Å². The van der Waals surface area contributed by atoms with Crippen molar-refractivity contribution in [1.82, 2.24) is 9.78 Å². The molecule has 0 aliphatic carbocycles. The molecule has 1 aromatic heterocycles. The normalized spacial score (nSPS) is 10.5. The highest BCUT2D eigenvalue weighted by atomic mass is 35.5. The first-order valence-corrected chi connectivity index (χ1v) is 7.14. The smallest absolute Gasteiger partial charge is 0.178 e. The molecule has 116 valence electrons. The molecular weight excluding hydrogens is 316 g/mol. The Balaban J connectivity index is 2.12. The first-order chi connectivity index (χ1) is 11.1. The quantitative estimate of drug-likeness (QED) is 0.728. The Labute approximate surface area is 137 Å². The highest BCUT2D eigenvalue weighted by Gasteiger charge is 2.19.